The number of rotatable bonds is 5. The van der Waals surface area contributed by atoms with E-state index in [1.54, 1.807) is 6.20 Å². The van der Waals surface area contributed by atoms with Crippen LogP contribution in [-0.4, -0.2) is 35.0 Å². The fourth-order valence-corrected chi connectivity index (χ4v) is 3.17. The molecule has 0 unspecified atom stereocenters. The Morgan fingerprint density at radius 3 is 2.38 bits per heavy atom. The molecule has 1 amide bonds. The summed E-state index contributed by atoms with van der Waals surface area (Å²) in [4.78, 5) is 22.9. The quantitative estimate of drug-likeness (QED) is 0.864. The van der Waals surface area contributed by atoms with E-state index in [4.69, 9.17) is 0 Å². The van der Waals surface area contributed by atoms with Gasteiger partial charge in [0.2, 0.25) is 0 Å². The maximum atomic E-state index is 11.9. The molecule has 26 heavy (non-hydrogen) atoms. The van der Waals surface area contributed by atoms with Gasteiger partial charge in [-0.15, -0.1) is 0 Å². The lowest BCUT2D eigenvalue weighted by molar-refractivity contribution is 0.0945. The second kappa shape index (κ2) is 7.32. The van der Waals surface area contributed by atoms with E-state index >= 15 is 0 Å². The first-order valence-electron chi connectivity index (χ1n) is 9.42. The zero-order valence-corrected chi connectivity index (χ0v) is 15.1. The Morgan fingerprint density at radius 2 is 1.77 bits per heavy atom. The van der Waals surface area contributed by atoms with Crippen molar-refractivity contribution in [1.29, 1.82) is 0 Å². The van der Waals surface area contributed by atoms with Gasteiger partial charge in [0.1, 0.15) is 11.5 Å². The van der Waals surface area contributed by atoms with Gasteiger partial charge in [-0.2, -0.15) is 0 Å². The van der Waals surface area contributed by atoms with Gasteiger partial charge >= 0.3 is 0 Å². The van der Waals surface area contributed by atoms with E-state index in [9.17, 15) is 4.79 Å². The summed E-state index contributed by atoms with van der Waals surface area (Å²) < 4.78 is 0. The van der Waals surface area contributed by atoms with Crippen LogP contribution in [0.25, 0.3) is 0 Å². The number of benzene rings is 1. The summed E-state index contributed by atoms with van der Waals surface area (Å²) in [6.45, 7) is 4.58. The van der Waals surface area contributed by atoms with Crippen LogP contribution < -0.4 is 15.5 Å². The Kier molecular flexibility index (Phi) is 4.73. The second-order valence-electron chi connectivity index (χ2n) is 7.38. The largest absolute Gasteiger partial charge is 0.372 e. The zero-order valence-electron chi connectivity index (χ0n) is 15.1. The van der Waals surface area contributed by atoms with Crippen LogP contribution in [0.1, 0.15) is 43.1 Å². The summed E-state index contributed by atoms with van der Waals surface area (Å²) in [5.41, 5.74) is 2.58. The number of nitrogens with one attached hydrogen (secondary N) is 2. The minimum Gasteiger partial charge on any atom is -0.372 e. The molecule has 2 aliphatic rings. The van der Waals surface area contributed by atoms with Crippen molar-refractivity contribution in [1.82, 2.24) is 15.3 Å². The topological polar surface area (TPSA) is 70.2 Å². The third-order valence-electron chi connectivity index (χ3n) is 5.09. The first-order valence-corrected chi connectivity index (χ1v) is 9.42. The Morgan fingerprint density at radius 1 is 1.04 bits per heavy atom. The average Bonchev–Trinajstić information content (AvgIpc) is 3.48. The molecule has 0 radical (unpaired) electrons. The smallest absolute Gasteiger partial charge is 0.271 e. The number of hydrogen-bond acceptors (Lipinski definition) is 5. The van der Waals surface area contributed by atoms with Crippen LogP contribution in [0.15, 0.2) is 36.7 Å². The van der Waals surface area contributed by atoms with Crippen LogP contribution in [0.3, 0.4) is 0 Å². The molecule has 4 rings (SSSR count). The van der Waals surface area contributed by atoms with Gasteiger partial charge < -0.3 is 15.5 Å². The Hall–Kier alpha value is -2.63. The van der Waals surface area contributed by atoms with Crippen LogP contribution in [-0.2, 0) is 0 Å². The Labute approximate surface area is 154 Å². The van der Waals surface area contributed by atoms with Gasteiger partial charge in [-0.3, -0.25) is 4.79 Å². The summed E-state index contributed by atoms with van der Waals surface area (Å²) in [6.07, 6.45) is 7.76. The van der Waals surface area contributed by atoms with E-state index in [1.165, 1.54) is 24.7 Å². The highest BCUT2D eigenvalue weighted by Crippen LogP contribution is 2.25. The predicted octanol–water partition coefficient (Wildman–Crippen LogP) is 3.35. The molecule has 2 fully saturated rings. The molecule has 1 aromatic carbocycles. The summed E-state index contributed by atoms with van der Waals surface area (Å²) in [5.74, 6) is 1.32. The average molecular weight is 351 g/mol. The molecular weight excluding hydrogens is 326 g/mol. The number of aromatic nitrogens is 2. The standard InChI is InChI=1S/C20H25N5O/c1-14-8-10-25(11-9-14)17-6-4-15(5-7-17)23-19-13-21-18(12-22-19)20(26)24-16-2-3-16/h4-7,12-14,16H,2-3,8-11H2,1H3,(H,22,23)(H,24,26). The molecule has 2 heterocycles. The van der Waals surface area contributed by atoms with Gasteiger partial charge in [-0.1, -0.05) is 6.92 Å². The fraction of sp³-hybridized carbons (Fsp3) is 0.450. The molecule has 1 aliphatic heterocycles. The van der Waals surface area contributed by atoms with Crippen molar-refractivity contribution in [3.63, 3.8) is 0 Å². The van der Waals surface area contributed by atoms with Gasteiger partial charge in [0.05, 0.1) is 12.4 Å². The molecule has 6 heteroatoms. The molecule has 0 spiro atoms. The van der Waals surface area contributed by atoms with Gasteiger partial charge in [0.15, 0.2) is 0 Å². The molecule has 2 aromatic rings. The number of nitrogens with zero attached hydrogens (tertiary/aromatic N) is 3. The van der Waals surface area contributed by atoms with Crippen LogP contribution in [0, 0.1) is 5.92 Å². The molecule has 1 aromatic heterocycles. The third-order valence-corrected chi connectivity index (χ3v) is 5.09. The molecule has 136 valence electrons. The van der Waals surface area contributed by atoms with E-state index < -0.39 is 0 Å². The summed E-state index contributed by atoms with van der Waals surface area (Å²) >= 11 is 0. The first kappa shape index (κ1) is 16.8. The lowest BCUT2D eigenvalue weighted by Crippen LogP contribution is -2.32. The normalized spacial score (nSPS) is 17.8. The zero-order chi connectivity index (χ0) is 17.9. The summed E-state index contributed by atoms with van der Waals surface area (Å²) in [6, 6.07) is 8.72. The van der Waals surface area contributed by atoms with E-state index in [2.05, 4.69) is 56.7 Å². The predicted molar refractivity (Wildman–Crippen MR) is 103 cm³/mol. The van der Waals surface area contributed by atoms with Crippen molar-refractivity contribution in [2.45, 2.75) is 38.6 Å². The van der Waals surface area contributed by atoms with Crippen molar-refractivity contribution < 1.29 is 4.79 Å². The van der Waals surface area contributed by atoms with Crippen molar-refractivity contribution in [2.24, 2.45) is 5.92 Å². The third kappa shape index (κ3) is 4.12. The highest BCUT2D eigenvalue weighted by atomic mass is 16.2. The van der Waals surface area contributed by atoms with Crippen molar-refractivity contribution >= 4 is 23.1 Å². The van der Waals surface area contributed by atoms with Gasteiger partial charge in [-0.25, -0.2) is 9.97 Å². The highest BCUT2D eigenvalue weighted by Gasteiger charge is 2.24. The van der Waals surface area contributed by atoms with Crippen LogP contribution in [0.4, 0.5) is 17.2 Å². The molecule has 6 nitrogen and oxygen atoms in total. The van der Waals surface area contributed by atoms with Gasteiger partial charge in [0, 0.05) is 30.5 Å². The minimum absolute atomic E-state index is 0.147. The number of carbonyl (C=O) groups is 1. The molecule has 0 atom stereocenters. The molecule has 1 aliphatic carbocycles. The molecule has 0 bridgehead atoms. The van der Waals surface area contributed by atoms with Crippen LogP contribution in [0.2, 0.25) is 0 Å². The molecule has 2 N–H and O–H groups in total. The Bertz CT molecular complexity index is 747. The number of anilines is 3. The number of amides is 1. The minimum atomic E-state index is -0.147. The highest BCUT2D eigenvalue weighted by molar-refractivity contribution is 5.92. The molecular formula is C20H25N5O. The summed E-state index contributed by atoms with van der Waals surface area (Å²) in [5, 5.41) is 6.15. The van der Waals surface area contributed by atoms with Crippen molar-refractivity contribution in [3.05, 3.63) is 42.4 Å². The number of piperidine rings is 1. The molecule has 1 saturated heterocycles. The maximum Gasteiger partial charge on any atom is 0.271 e. The van der Waals surface area contributed by atoms with Crippen molar-refractivity contribution in [3.8, 4) is 0 Å². The van der Waals surface area contributed by atoms with E-state index in [-0.39, 0.29) is 5.91 Å². The number of hydrogen-bond donors (Lipinski definition) is 2. The van der Waals surface area contributed by atoms with Crippen LogP contribution >= 0.6 is 0 Å². The lowest BCUT2D eigenvalue weighted by atomic mass is 9.99. The van der Waals surface area contributed by atoms with Crippen molar-refractivity contribution in [2.75, 3.05) is 23.3 Å². The van der Waals surface area contributed by atoms with E-state index in [0.717, 1.165) is 37.5 Å². The maximum absolute atomic E-state index is 11.9. The monoisotopic (exact) mass is 351 g/mol. The second-order valence-corrected chi connectivity index (χ2v) is 7.38. The Balaban J connectivity index is 1.35. The van der Waals surface area contributed by atoms with E-state index in [1.807, 2.05) is 0 Å². The lowest BCUT2D eigenvalue weighted by Gasteiger charge is -2.32. The summed E-state index contributed by atoms with van der Waals surface area (Å²) in [7, 11) is 0. The van der Waals surface area contributed by atoms with E-state index in [0.29, 0.717) is 17.6 Å². The first-order chi connectivity index (χ1) is 12.7. The van der Waals surface area contributed by atoms with Gasteiger partial charge in [-0.05, 0) is 55.9 Å². The SMILES string of the molecule is CC1CCN(c2ccc(Nc3cnc(C(=O)NC4CC4)cn3)cc2)CC1. The molecule has 1 saturated carbocycles. The fourth-order valence-electron chi connectivity index (χ4n) is 3.17. The van der Waals surface area contributed by atoms with Gasteiger partial charge in [0.25, 0.3) is 5.91 Å². The number of carbonyl (C=O) groups excluding carboxylic acids is 1. The van der Waals surface area contributed by atoms with Crippen LogP contribution in [0.5, 0.6) is 0 Å².